The van der Waals surface area contributed by atoms with Crippen molar-refractivity contribution in [1.82, 2.24) is 0 Å². The molecule has 0 bridgehead atoms. The Balaban J connectivity index is 2.34. The van der Waals surface area contributed by atoms with Crippen molar-refractivity contribution in [1.29, 1.82) is 0 Å². The molecular weight excluding hydrogens is 330 g/mol. The summed E-state index contributed by atoms with van der Waals surface area (Å²) in [5, 5.41) is 3.21. The number of hydrogen-bond donors (Lipinski definition) is 2. The fraction of sp³-hybridized carbons (Fsp3) is 0.0769. The summed E-state index contributed by atoms with van der Waals surface area (Å²) in [4.78, 5) is 0. The molecule has 0 atom stereocenters. The van der Waals surface area contributed by atoms with E-state index in [4.69, 9.17) is 5.73 Å². The van der Waals surface area contributed by atoms with Gasteiger partial charge in [0.15, 0.2) is 0 Å². The summed E-state index contributed by atoms with van der Waals surface area (Å²) < 4.78 is 14.2. The molecule has 17 heavy (non-hydrogen) atoms. The first kappa shape index (κ1) is 12.2. The van der Waals surface area contributed by atoms with Crippen molar-refractivity contribution in [3.63, 3.8) is 0 Å². The highest BCUT2D eigenvalue weighted by Crippen LogP contribution is 2.26. The lowest BCUT2D eigenvalue weighted by molar-refractivity contribution is 0.628. The number of hydrogen-bond acceptors (Lipinski definition) is 2. The van der Waals surface area contributed by atoms with Crippen LogP contribution in [-0.2, 0) is 0 Å². The predicted octanol–water partition coefficient (Wildman–Crippen LogP) is 4.06. The third-order valence-corrected chi connectivity index (χ3v) is 3.35. The Kier molecular flexibility index (Phi) is 3.51. The van der Waals surface area contributed by atoms with Gasteiger partial charge in [-0.05, 0) is 65.4 Å². The van der Waals surface area contributed by atoms with E-state index in [1.807, 2.05) is 25.1 Å². The molecule has 88 valence electrons. The van der Waals surface area contributed by atoms with E-state index in [-0.39, 0.29) is 5.82 Å². The Hall–Kier alpha value is -1.30. The quantitative estimate of drug-likeness (QED) is 0.638. The summed E-state index contributed by atoms with van der Waals surface area (Å²) in [5.74, 6) is -0.247. The van der Waals surface area contributed by atoms with Gasteiger partial charge in [0.1, 0.15) is 5.82 Å². The van der Waals surface area contributed by atoms with Gasteiger partial charge in [-0.3, -0.25) is 0 Å². The van der Waals surface area contributed by atoms with Crippen molar-refractivity contribution < 1.29 is 4.39 Å². The number of nitrogens with two attached hydrogens (primary N) is 1. The van der Waals surface area contributed by atoms with E-state index in [2.05, 4.69) is 27.9 Å². The van der Waals surface area contributed by atoms with Gasteiger partial charge in [-0.25, -0.2) is 4.39 Å². The van der Waals surface area contributed by atoms with E-state index in [0.717, 1.165) is 26.2 Å². The average Bonchev–Trinajstić information content (AvgIpc) is 2.27. The second-order valence-electron chi connectivity index (χ2n) is 3.82. The average molecular weight is 342 g/mol. The molecule has 0 saturated carbocycles. The molecule has 0 heterocycles. The molecule has 0 amide bonds. The van der Waals surface area contributed by atoms with Crippen LogP contribution >= 0.6 is 22.6 Å². The smallest absolute Gasteiger partial charge is 0.125 e. The molecule has 2 nitrogen and oxygen atoms in total. The van der Waals surface area contributed by atoms with Crippen molar-refractivity contribution in [3.05, 3.63) is 51.3 Å². The highest BCUT2D eigenvalue weighted by molar-refractivity contribution is 14.1. The lowest BCUT2D eigenvalue weighted by Crippen LogP contribution is -1.97. The Morgan fingerprint density at radius 3 is 2.59 bits per heavy atom. The molecule has 0 spiro atoms. The van der Waals surface area contributed by atoms with Crippen LogP contribution in [0.5, 0.6) is 0 Å². The third kappa shape index (κ3) is 2.88. The summed E-state index contributed by atoms with van der Waals surface area (Å²) in [7, 11) is 0. The fourth-order valence-electron chi connectivity index (χ4n) is 1.51. The normalized spacial score (nSPS) is 10.3. The maximum atomic E-state index is 13.2. The minimum Gasteiger partial charge on any atom is -0.399 e. The largest absolute Gasteiger partial charge is 0.399 e. The second kappa shape index (κ2) is 4.91. The SMILES string of the molecule is Cc1ccc(F)cc1Nc1ccc(N)cc1I. The van der Waals surface area contributed by atoms with Gasteiger partial charge in [-0.15, -0.1) is 0 Å². The lowest BCUT2D eigenvalue weighted by Gasteiger charge is -2.11. The molecule has 0 fully saturated rings. The topological polar surface area (TPSA) is 38.0 Å². The Labute approximate surface area is 113 Å². The summed E-state index contributed by atoms with van der Waals surface area (Å²) in [5.41, 5.74) is 9.10. The second-order valence-corrected chi connectivity index (χ2v) is 4.99. The Morgan fingerprint density at radius 1 is 1.12 bits per heavy atom. The van der Waals surface area contributed by atoms with Gasteiger partial charge < -0.3 is 11.1 Å². The van der Waals surface area contributed by atoms with Crippen molar-refractivity contribution in [2.45, 2.75) is 6.92 Å². The molecule has 0 aliphatic rings. The maximum absolute atomic E-state index is 13.2. The number of halogens is 2. The number of anilines is 3. The van der Waals surface area contributed by atoms with Crippen LogP contribution < -0.4 is 11.1 Å². The minimum atomic E-state index is -0.247. The van der Waals surface area contributed by atoms with Crippen LogP contribution in [0, 0.1) is 16.3 Å². The van der Waals surface area contributed by atoms with E-state index < -0.39 is 0 Å². The molecule has 0 aliphatic carbocycles. The van der Waals surface area contributed by atoms with Crippen LogP contribution in [0.1, 0.15) is 5.56 Å². The molecule has 2 rings (SSSR count). The number of benzene rings is 2. The highest BCUT2D eigenvalue weighted by atomic mass is 127. The van der Waals surface area contributed by atoms with E-state index in [9.17, 15) is 4.39 Å². The van der Waals surface area contributed by atoms with E-state index in [1.54, 1.807) is 6.07 Å². The van der Waals surface area contributed by atoms with Gasteiger partial charge in [0.2, 0.25) is 0 Å². The highest BCUT2D eigenvalue weighted by Gasteiger charge is 2.04. The molecule has 0 aromatic heterocycles. The molecule has 0 saturated heterocycles. The molecule has 3 N–H and O–H groups in total. The Morgan fingerprint density at radius 2 is 1.88 bits per heavy atom. The Bertz CT molecular complexity index is 555. The number of nitrogens with one attached hydrogen (secondary N) is 1. The van der Waals surface area contributed by atoms with E-state index >= 15 is 0 Å². The molecule has 0 radical (unpaired) electrons. The lowest BCUT2D eigenvalue weighted by atomic mass is 10.2. The number of aryl methyl sites for hydroxylation is 1. The van der Waals surface area contributed by atoms with Gasteiger partial charge in [0.25, 0.3) is 0 Å². The van der Waals surface area contributed by atoms with Gasteiger partial charge in [0, 0.05) is 14.9 Å². The van der Waals surface area contributed by atoms with Crippen molar-refractivity contribution in [3.8, 4) is 0 Å². The maximum Gasteiger partial charge on any atom is 0.125 e. The standard InChI is InChI=1S/C13H12FIN2/c1-8-2-3-9(14)6-13(8)17-12-5-4-10(16)7-11(12)15/h2-7,17H,16H2,1H3. The number of nitrogen functional groups attached to an aromatic ring is 1. The molecule has 0 aliphatic heterocycles. The predicted molar refractivity (Wildman–Crippen MR) is 78.0 cm³/mol. The van der Waals surface area contributed by atoms with Gasteiger partial charge >= 0.3 is 0 Å². The van der Waals surface area contributed by atoms with Gasteiger partial charge in [-0.2, -0.15) is 0 Å². The molecule has 2 aromatic carbocycles. The van der Waals surface area contributed by atoms with Crippen LogP contribution in [0.3, 0.4) is 0 Å². The van der Waals surface area contributed by atoms with Crippen molar-refractivity contribution in [2.75, 3.05) is 11.1 Å². The van der Waals surface area contributed by atoms with E-state index in [1.165, 1.54) is 12.1 Å². The summed E-state index contributed by atoms with van der Waals surface area (Å²) in [6.07, 6.45) is 0. The van der Waals surface area contributed by atoms with Crippen LogP contribution in [0.15, 0.2) is 36.4 Å². The van der Waals surface area contributed by atoms with Gasteiger partial charge in [-0.1, -0.05) is 6.07 Å². The summed E-state index contributed by atoms with van der Waals surface area (Å²) >= 11 is 2.20. The minimum absolute atomic E-state index is 0.247. The summed E-state index contributed by atoms with van der Waals surface area (Å²) in [6, 6.07) is 10.3. The zero-order valence-electron chi connectivity index (χ0n) is 9.30. The fourth-order valence-corrected chi connectivity index (χ4v) is 2.18. The zero-order chi connectivity index (χ0) is 12.4. The number of rotatable bonds is 2. The first-order valence-corrected chi connectivity index (χ1v) is 6.22. The molecule has 2 aromatic rings. The van der Waals surface area contributed by atoms with Crippen LogP contribution in [0.25, 0.3) is 0 Å². The van der Waals surface area contributed by atoms with Crippen LogP contribution in [-0.4, -0.2) is 0 Å². The van der Waals surface area contributed by atoms with Crippen LogP contribution in [0.4, 0.5) is 21.5 Å². The van der Waals surface area contributed by atoms with Crippen molar-refractivity contribution in [2.24, 2.45) is 0 Å². The molecular formula is C13H12FIN2. The van der Waals surface area contributed by atoms with E-state index in [0.29, 0.717) is 0 Å². The zero-order valence-corrected chi connectivity index (χ0v) is 11.5. The monoisotopic (exact) mass is 342 g/mol. The van der Waals surface area contributed by atoms with Crippen LogP contribution in [0.2, 0.25) is 0 Å². The first-order valence-electron chi connectivity index (χ1n) is 5.14. The summed E-state index contributed by atoms with van der Waals surface area (Å²) in [6.45, 7) is 1.94. The van der Waals surface area contributed by atoms with Gasteiger partial charge in [0.05, 0.1) is 5.69 Å². The third-order valence-electron chi connectivity index (χ3n) is 2.46. The molecule has 0 unspecified atom stereocenters. The first-order chi connectivity index (χ1) is 8.06. The molecule has 4 heteroatoms. The van der Waals surface area contributed by atoms with Crippen molar-refractivity contribution >= 4 is 39.7 Å².